The highest BCUT2D eigenvalue weighted by Crippen LogP contribution is 2.16. The second-order valence-electron chi connectivity index (χ2n) is 4.56. The van der Waals surface area contributed by atoms with Crippen LogP contribution in [0.3, 0.4) is 0 Å². The number of hydrogen-bond acceptors (Lipinski definition) is 3. The smallest absolute Gasteiger partial charge is 0.411 e. The number of hydrogen-bond donors (Lipinski definition) is 1. The molecule has 1 aliphatic rings. The second kappa shape index (κ2) is 6.20. The molecule has 1 atom stereocenters. The SMILES string of the molecule is CN1CCC[C@H](OC(=O)Nc2ccc(Br)cc2)C1. The molecule has 0 bridgehead atoms. The number of amides is 1. The molecule has 5 heteroatoms. The summed E-state index contributed by atoms with van der Waals surface area (Å²) in [5, 5.41) is 2.73. The highest BCUT2D eigenvalue weighted by molar-refractivity contribution is 9.10. The number of halogens is 1. The third kappa shape index (κ3) is 3.99. The van der Waals surface area contributed by atoms with E-state index in [2.05, 4.69) is 26.1 Å². The van der Waals surface area contributed by atoms with Gasteiger partial charge in [0.1, 0.15) is 6.10 Å². The summed E-state index contributed by atoms with van der Waals surface area (Å²) in [7, 11) is 2.04. The van der Waals surface area contributed by atoms with Crippen molar-refractivity contribution in [3.8, 4) is 0 Å². The van der Waals surface area contributed by atoms with Crippen molar-refractivity contribution >= 4 is 27.7 Å². The third-order valence-corrected chi connectivity index (χ3v) is 3.47. The van der Waals surface area contributed by atoms with Crippen LogP contribution in [0.1, 0.15) is 12.8 Å². The topological polar surface area (TPSA) is 41.6 Å². The van der Waals surface area contributed by atoms with Gasteiger partial charge in [0, 0.05) is 16.7 Å². The van der Waals surface area contributed by atoms with Crippen LogP contribution in [0.4, 0.5) is 10.5 Å². The first-order valence-corrected chi connectivity index (χ1v) is 6.84. The summed E-state index contributed by atoms with van der Waals surface area (Å²) in [5.74, 6) is 0. The van der Waals surface area contributed by atoms with Gasteiger partial charge in [0.25, 0.3) is 0 Å². The van der Waals surface area contributed by atoms with Crippen molar-refractivity contribution in [1.29, 1.82) is 0 Å². The van der Waals surface area contributed by atoms with Crippen molar-refractivity contribution in [1.82, 2.24) is 4.90 Å². The molecule has 0 spiro atoms. The van der Waals surface area contributed by atoms with E-state index in [0.29, 0.717) is 0 Å². The number of rotatable bonds is 2. The average molecular weight is 313 g/mol. The molecule has 1 aromatic carbocycles. The summed E-state index contributed by atoms with van der Waals surface area (Å²) in [4.78, 5) is 13.9. The Hall–Kier alpha value is -1.07. The Balaban J connectivity index is 1.83. The zero-order valence-corrected chi connectivity index (χ0v) is 11.9. The molecule has 0 unspecified atom stereocenters. The molecule has 0 saturated carbocycles. The van der Waals surface area contributed by atoms with Crippen molar-refractivity contribution in [2.24, 2.45) is 0 Å². The summed E-state index contributed by atoms with van der Waals surface area (Å²) >= 11 is 3.35. The Morgan fingerprint density at radius 2 is 2.17 bits per heavy atom. The van der Waals surface area contributed by atoms with Crippen molar-refractivity contribution in [3.05, 3.63) is 28.7 Å². The van der Waals surface area contributed by atoms with Crippen LogP contribution in [-0.2, 0) is 4.74 Å². The minimum absolute atomic E-state index is 0.000742. The minimum Gasteiger partial charge on any atom is -0.445 e. The molecule has 98 valence electrons. The number of anilines is 1. The lowest BCUT2D eigenvalue weighted by molar-refractivity contribution is 0.0593. The number of carbonyl (C=O) groups excluding carboxylic acids is 1. The van der Waals surface area contributed by atoms with Crippen LogP contribution in [0.25, 0.3) is 0 Å². The van der Waals surface area contributed by atoms with Crippen LogP contribution in [0.5, 0.6) is 0 Å². The first-order valence-electron chi connectivity index (χ1n) is 6.05. The molecular formula is C13H17BrN2O2. The van der Waals surface area contributed by atoms with Gasteiger partial charge in [-0.25, -0.2) is 4.79 Å². The fourth-order valence-corrected chi connectivity index (χ4v) is 2.31. The van der Waals surface area contributed by atoms with Crippen molar-refractivity contribution in [2.75, 3.05) is 25.5 Å². The molecule has 0 radical (unpaired) electrons. The Morgan fingerprint density at radius 1 is 1.44 bits per heavy atom. The fraction of sp³-hybridized carbons (Fsp3) is 0.462. The summed E-state index contributed by atoms with van der Waals surface area (Å²) in [6.45, 7) is 1.89. The predicted molar refractivity (Wildman–Crippen MR) is 74.8 cm³/mol. The van der Waals surface area contributed by atoms with Crippen LogP contribution in [0, 0.1) is 0 Å². The summed E-state index contributed by atoms with van der Waals surface area (Å²) in [6.07, 6.45) is 1.64. The number of nitrogens with zero attached hydrogens (tertiary/aromatic N) is 1. The van der Waals surface area contributed by atoms with Crippen LogP contribution >= 0.6 is 15.9 Å². The largest absolute Gasteiger partial charge is 0.445 e. The first kappa shape index (κ1) is 13.4. The lowest BCUT2D eigenvalue weighted by Crippen LogP contribution is -2.38. The lowest BCUT2D eigenvalue weighted by atomic mass is 10.1. The van der Waals surface area contributed by atoms with E-state index in [0.717, 1.165) is 36.1 Å². The molecule has 1 N–H and O–H groups in total. The van der Waals surface area contributed by atoms with Gasteiger partial charge < -0.3 is 9.64 Å². The zero-order chi connectivity index (χ0) is 13.0. The van der Waals surface area contributed by atoms with Crippen molar-refractivity contribution in [2.45, 2.75) is 18.9 Å². The number of likely N-dealkylation sites (N-methyl/N-ethyl adjacent to an activating group) is 1. The summed E-state index contributed by atoms with van der Waals surface area (Å²) in [5.41, 5.74) is 0.743. The molecule has 1 fully saturated rings. The van der Waals surface area contributed by atoms with Gasteiger partial charge in [-0.15, -0.1) is 0 Å². The van der Waals surface area contributed by atoms with Gasteiger partial charge in [-0.2, -0.15) is 0 Å². The normalized spacial score (nSPS) is 20.4. The van der Waals surface area contributed by atoms with Gasteiger partial charge in [-0.3, -0.25) is 5.32 Å². The van der Waals surface area contributed by atoms with Gasteiger partial charge in [-0.1, -0.05) is 15.9 Å². The zero-order valence-electron chi connectivity index (χ0n) is 10.4. The number of nitrogens with one attached hydrogen (secondary N) is 1. The van der Waals surface area contributed by atoms with Crippen molar-refractivity contribution in [3.63, 3.8) is 0 Å². The van der Waals surface area contributed by atoms with E-state index in [4.69, 9.17) is 4.74 Å². The van der Waals surface area contributed by atoms with Gasteiger partial charge >= 0.3 is 6.09 Å². The number of piperidine rings is 1. The second-order valence-corrected chi connectivity index (χ2v) is 5.48. The molecule has 18 heavy (non-hydrogen) atoms. The first-order chi connectivity index (χ1) is 8.63. The van der Waals surface area contributed by atoms with E-state index in [-0.39, 0.29) is 12.2 Å². The number of ether oxygens (including phenoxy) is 1. The highest BCUT2D eigenvalue weighted by atomic mass is 79.9. The standard InChI is InChI=1S/C13H17BrN2O2/c1-16-8-2-3-12(9-16)18-13(17)15-11-6-4-10(14)5-7-11/h4-7,12H,2-3,8-9H2,1H3,(H,15,17)/t12-/m0/s1. The van der Waals surface area contributed by atoms with Crippen LogP contribution in [0.2, 0.25) is 0 Å². The van der Waals surface area contributed by atoms with Gasteiger partial charge in [-0.05, 0) is 50.7 Å². The fourth-order valence-electron chi connectivity index (χ4n) is 2.05. The number of carbonyl (C=O) groups is 1. The Bertz CT molecular complexity index is 408. The highest BCUT2D eigenvalue weighted by Gasteiger charge is 2.20. The monoisotopic (exact) mass is 312 g/mol. The van der Waals surface area contributed by atoms with E-state index in [1.54, 1.807) is 0 Å². The molecule has 1 aromatic rings. The van der Waals surface area contributed by atoms with Crippen LogP contribution in [-0.4, -0.2) is 37.2 Å². The Labute approximate surface area is 115 Å². The maximum Gasteiger partial charge on any atom is 0.411 e. The molecule has 2 rings (SSSR count). The van der Waals surface area contributed by atoms with E-state index < -0.39 is 0 Å². The quantitative estimate of drug-likeness (QED) is 0.912. The van der Waals surface area contributed by atoms with E-state index >= 15 is 0 Å². The molecule has 1 saturated heterocycles. The molecule has 0 aliphatic carbocycles. The Morgan fingerprint density at radius 3 is 2.83 bits per heavy atom. The van der Waals surface area contributed by atoms with Gasteiger partial charge in [0.2, 0.25) is 0 Å². The van der Waals surface area contributed by atoms with Gasteiger partial charge in [0.15, 0.2) is 0 Å². The maximum absolute atomic E-state index is 11.7. The predicted octanol–water partition coefficient (Wildman–Crippen LogP) is 3.09. The molecule has 0 aromatic heterocycles. The van der Waals surface area contributed by atoms with Gasteiger partial charge in [0.05, 0.1) is 0 Å². The van der Waals surface area contributed by atoms with Crippen molar-refractivity contribution < 1.29 is 9.53 Å². The van der Waals surface area contributed by atoms with Crippen LogP contribution < -0.4 is 5.32 Å². The third-order valence-electron chi connectivity index (χ3n) is 2.95. The number of likely N-dealkylation sites (tertiary alicyclic amines) is 1. The van der Waals surface area contributed by atoms with E-state index in [1.807, 2.05) is 31.3 Å². The Kier molecular flexibility index (Phi) is 4.60. The molecule has 4 nitrogen and oxygen atoms in total. The average Bonchev–Trinajstić information content (AvgIpc) is 2.32. The summed E-state index contributed by atoms with van der Waals surface area (Å²) < 4.78 is 6.37. The van der Waals surface area contributed by atoms with E-state index in [1.165, 1.54) is 0 Å². The molecule has 1 heterocycles. The minimum atomic E-state index is -0.377. The molecular weight excluding hydrogens is 296 g/mol. The molecule has 1 aliphatic heterocycles. The van der Waals surface area contributed by atoms with E-state index in [9.17, 15) is 4.79 Å². The number of benzene rings is 1. The lowest BCUT2D eigenvalue weighted by Gasteiger charge is -2.29. The maximum atomic E-state index is 11.7. The van der Waals surface area contributed by atoms with Crippen LogP contribution in [0.15, 0.2) is 28.7 Å². The molecule has 1 amide bonds. The summed E-state index contributed by atoms with van der Waals surface area (Å²) in [6, 6.07) is 7.42.